The number of carbonyl (C=O) groups is 2. The van der Waals surface area contributed by atoms with E-state index < -0.39 is 17.7 Å². The summed E-state index contributed by atoms with van der Waals surface area (Å²) in [6, 6.07) is 18.6. The van der Waals surface area contributed by atoms with E-state index in [0.29, 0.717) is 18.7 Å². The molecule has 0 fully saturated rings. The molecule has 0 spiro atoms. The molecule has 0 aliphatic rings. The van der Waals surface area contributed by atoms with Crippen LogP contribution in [0.2, 0.25) is 0 Å². The van der Waals surface area contributed by atoms with Gasteiger partial charge in [0.15, 0.2) is 0 Å². The monoisotopic (exact) mass is 421 g/mol. The van der Waals surface area contributed by atoms with Gasteiger partial charge in [0.2, 0.25) is 6.41 Å². The summed E-state index contributed by atoms with van der Waals surface area (Å²) in [6.07, 6.45) is 3.50. The fourth-order valence-electron chi connectivity index (χ4n) is 3.08. The Kier molecular flexibility index (Phi) is 7.20. The van der Waals surface area contributed by atoms with Gasteiger partial charge in [-0.1, -0.05) is 60.7 Å². The summed E-state index contributed by atoms with van der Waals surface area (Å²) in [6.45, 7) is 5.59. The van der Waals surface area contributed by atoms with Crippen molar-refractivity contribution < 1.29 is 19.2 Å². The molecule has 1 amide bonds. The Bertz CT molecular complexity index is 981. The van der Waals surface area contributed by atoms with Gasteiger partial charge in [-0.25, -0.2) is 19.4 Å². The first-order valence-electron chi connectivity index (χ1n) is 10.1. The molecule has 7 nitrogen and oxygen atoms in total. The van der Waals surface area contributed by atoms with Gasteiger partial charge in [0.05, 0.1) is 0 Å². The van der Waals surface area contributed by atoms with Gasteiger partial charge in [0.1, 0.15) is 24.1 Å². The SMILES string of the molecule is CC(C)(C)OC(=O)n1ccnc1C(Cc1ccccc1)N(C=O)OCc1ccccc1. The van der Waals surface area contributed by atoms with Crippen LogP contribution in [0, 0.1) is 0 Å². The fraction of sp³-hybridized carbons (Fsp3) is 0.292. The number of aromatic nitrogens is 2. The number of hydrogen-bond acceptors (Lipinski definition) is 5. The second kappa shape index (κ2) is 10.0. The lowest BCUT2D eigenvalue weighted by Gasteiger charge is -2.28. The molecule has 1 unspecified atom stereocenters. The Morgan fingerprint density at radius 1 is 1.06 bits per heavy atom. The molecule has 0 bridgehead atoms. The maximum absolute atomic E-state index is 12.7. The molecule has 3 aromatic rings. The van der Waals surface area contributed by atoms with Crippen LogP contribution in [0.4, 0.5) is 4.79 Å². The van der Waals surface area contributed by atoms with Gasteiger partial charge in [-0.15, -0.1) is 0 Å². The minimum absolute atomic E-state index is 0.206. The maximum Gasteiger partial charge on any atom is 0.420 e. The topological polar surface area (TPSA) is 73.7 Å². The molecule has 0 aliphatic heterocycles. The number of amides is 1. The van der Waals surface area contributed by atoms with Crippen LogP contribution < -0.4 is 0 Å². The average Bonchev–Trinajstić information content (AvgIpc) is 3.23. The Morgan fingerprint density at radius 3 is 2.26 bits per heavy atom. The average molecular weight is 421 g/mol. The van der Waals surface area contributed by atoms with Crippen LogP contribution in [0.25, 0.3) is 0 Å². The largest absolute Gasteiger partial charge is 0.443 e. The van der Waals surface area contributed by atoms with Gasteiger partial charge in [0.25, 0.3) is 0 Å². The van der Waals surface area contributed by atoms with Crippen molar-refractivity contribution in [2.24, 2.45) is 0 Å². The van der Waals surface area contributed by atoms with Crippen molar-refractivity contribution in [1.29, 1.82) is 0 Å². The minimum atomic E-state index is -0.665. The molecule has 0 N–H and O–H groups in total. The number of hydroxylamine groups is 2. The van der Waals surface area contributed by atoms with Crippen LogP contribution in [-0.4, -0.2) is 32.7 Å². The van der Waals surface area contributed by atoms with Gasteiger partial charge in [-0.05, 0) is 31.9 Å². The van der Waals surface area contributed by atoms with Crippen molar-refractivity contribution in [2.75, 3.05) is 0 Å². The molecular weight excluding hydrogens is 394 g/mol. The fourth-order valence-corrected chi connectivity index (χ4v) is 3.08. The Hall–Kier alpha value is -3.45. The highest BCUT2D eigenvalue weighted by molar-refractivity contribution is 5.71. The van der Waals surface area contributed by atoms with Crippen LogP contribution in [0.3, 0.4) is 0 Å². The third-order valence-corrected chi connectivity index (χ3v) is 4.46. The lowest BCUT2D eigenvalue weighted by atomic mass is 10.1. The molecule has 2 aromatic carbocycles. The van der Waals surface area contributed by atoms with Gasteiger partial charge >= 0.3 is 6.09 Å². The van der Waals surface area contributed by atoms with E-state index in [1.807, 2.05) is 60.7 Å². The Morgan fingerprint density at radius 2 is 1.68 bits per heavy atom. The smallest absolute Gasteiger partial charge is 0.420 e. The molecule has 31 heavy (non-hydrogen) atoms. The summed E-state index contributed by atoms with van der Waals surface area (Å²) in [5.41, 5.74) is 1.23. The zero-order chi connectivity index (χ0) is 22.3. The predicted octanol–water partition coefficient (Wildman–Crippen LogP) is 4.54. The maximum atomic E-state index is 12.7. The van der Waals surface area contributed by atoms with Crippen molar-refractivity contribution in [2.45, 2.75) is 45.4 Å². The van der Waals surface area contributed by atoms with Gasteiger partial charge in [-0.2, -0.15) is 0 Å². The Labute approximate surface area is 182 Å². The first-order chi connectivity index (χ1) is 14.9. The van der Waals surface area contributed by atoms with Crippen molar-refractivity contribution in [1.82, 2.24) is 14.6 Å². The van der Waals surface area contributed by atoms with E-state index in [1.165, 1.54) is 22.0 Å². The predicted molar refractivity (Wildman–Crippen MR) is 116 cm³/mol. The van der Waals surface area contributed by atoms with E-state index in [0.717, 1.165) is 11.1 Å². The number of rotatable bonds is 8. The lowest BCUT2D eigenvalue weighted by molar-refractivity contribution is -0.195. The zero-order valence-corrected chi connectivity index (χ0v) is 18.0. The van der Waals surface area contributed by atoms with Crippen molar-refractivity contribution in [3.8, 4) is 0 Å². The van der Waals surface area contributed by atoms with Crippen LogP contribution >= 0.6 is 0 Å². The van der Waals surface area contributed by atoms with Crippen LogP contribution in [0.1, 0.15) is 43.8 Å². The third kappa shape index (κ3) is 6.26. The van der Waals surface area contributed by atoms with Gasteiger partial charge < -0.3 is 4.74 Å². The highest BCUT2D eigenvalue weighted by atomic mass is 16.7. The third-order valence-electron chi connectivity index (χ3n) is 4.46. The summed E-state index contributed by atoms with van der Waals surface area (Å²) in [7, 11) is 0. The molecule has 1 aromatic heterocycles. The molecule has 1 heterocycles. The Balaban J connectivity index is 1.90. The first-order valence-corrected chi connectivity index (χ1v) is 10.1. The quantitative estimate of drug-likeness (QED) is 0.394. The molecule has 3 rings (SSSR count). The molecular formula is C24H27N3O4. The summed E-state index contributed by atoms with van der Waals surface area (Å²) < 4.78 is 6.82. The second-order valence-electron chi connectivity index (χ2n) is 8.07. The molecule has 1 atom stereocenters. The number of imidazole rings is 1. The summed E-state index contributed by atoms with van der Waals surface area (Å²) in [4.78, 5) is 35.0. The zero-order valence-electron chi connectivity index (χ0n) is 18.0. The molecule has 0 radical (unpaired) electrons. The highest BCUT2D eigenvalue weighted by Gasteiger charge is 2.29. The van der Waals surface area contributed by atoms with Crippen LogP contribution in [-0.2, 0) is 27.4 Å². The molecule has 162 valence electrons. The van der Waals surface area contributed by atoms with E-state index in [-0.39, 0.29) is 6.61 Å². The van der Waals surface area contributed by atoms with E-state index in [9.17, 15) is 9.59 Å². The number of carbonyl (C=O) groups excluding carboxylic acids is 2. The first kappa shape index (κ1) is 22.2. The van der Waals surface area contributed by atoms with E-state index >= 15 is 0 Å². The van der Waals surface area contributed by atoms with E-state index in [4.69, 9.17) is 9.57 Å². The van der Waals surface area contributed by atoms with Gasteiger partial charge in [0, 0.05) is 18.8 Å². The van der Waals surface area contributed by atoms with Crippen LogP contribution in [0.5, 0.6) is 0 Å². The van der Waals surface area contributed by atoms with E-state index in [1.54, 1.807) is 20.8 Å². The number of benzene rings is 2. The molecule has 0 saturated heterocycles. The number of nitrogens with zero attached hydrogens (tertiary/aromatic N) is 3. The van der Waals surface area contributed by atoms with Crippen molar-refractivity contribution in [3.05, 3.63) is 90.0 Å². The number of ether oxygens (including phenoxy) is 1. The summed E-state index contributed by atoms with van der Waals surface area (Å²) >= 11 is 0. The van der Waals surface area contributed by atoms with Gasteiger partial charge in [-0.3, -0.25) is 9.63 Å². The number of hydrogen-bond donors (Lipinski definition) is 0. The van der Waals surface area contributed by atoms with Crippen molar-refractivity contribution >= 4 is 12.5 Å². The minimum Gasteiger partial charge on any atom is -0.443 e. The second-order valence-corrected chi connectivity index (χ2v) is 8.07. The molecule has 0 saturated carbocycles. The molecule has 0 aliphatic carbocycles. The lowest BCUT2D eigenvalue weighted by Crippen LogP contribution is -2.34. The molecule has 7 heteroatoms. The van der Waals surface area contributed by atoms with E-state index in [2.05, 4.69) is 4.98 Å². The normalized spacial score (nSPS) is 12.2. The summed E-state index contributed by atoms with van der Waals surface area (Å²) in [5, 5.41) is 1.21. The highest BCUT2D eigenvalue weighted by Crippen LogP contribution is 2.25. The van der Waals surface area contributed by atoms with Crippen molar-refractivity contribution in [3.63, 3.8) is 0 Å². The van der Waals surface area contributed by atoms with Crippen LogP contribution in [0.15, 0.2) is 73.1 Å². The standard InChI is InChI=1S/C24H27N3O4/c1-24(2,3)31-23(29)26-15-14-25-22(26)21(16-19-10-6-4-7-11-19)27(18-28)30-17-20-12-8-5-9-13-20/h4-15,18,21H,16-17H2,1-3H3. The summed E-state index contributed by atoms with van der Waals surface area (Å²) in [5.74, 6) is 0.360.